The number of nitrogens with zero attached hydrogens (tertiary/aromatic N) is 2. The fourth-order valence-electron chi connectivity index (χ4n) is 1.90. The average Bonchev–Trinajstić information content (AvgIpc) is 2.38. The van der Waals surface area contributed by atoms with Gasteiger partial charge in [-0.15, -0.1) is 0 Å². The zero-order chi connectivity index (χ0) is 14.2. The molecule has 0 spiro atoms. The first kappa shape index (κ1) is 13.5. The topological polar surface area (TPSA) is 61.3 Å². The van der Waals surface area contributed by atoms with E-state index in [1.807, 2.05) is 19.9 Å². The van der Waals surface area contributed by atoms with Crippen LogP contribution in [0.3, 0.4) is 0 Å². The van der Waals surface area contributed by atoms with E-state index in [0.717, 1.165) is 11.1 Å². The molecule has 1 heterocycles. The Hall–Kier alpha value is -1.88. The molecular weight excluding hydrogens is 268 g/mol. The first-order valence-electron chi connectivity index (χ1n) is 5.59. The molecule has 0 radical (unpaired) electrons. The fourth-order valence-corrected chi connectivity index (χ4v) is 2.13. The van der Waals surface area contributed by atoms with E-state index in [9.17, 15) is 4.79 Å². The van der Waals surface area contributed by atoms with E-state index in [-0.39, 0.29) is 11.8 Å². The predicted octanol–water partition coefficient (Wildman–Crippen LogP) is 2.64. The summed E-state index contributed by atoms with van der Waals surface area (Å²) in [5.74, 6) is 0.489. The van der Waals surface area contributed by atoms with Crippen LogP contribution in [0.25, 0.3) is 11.0 Å². The van der Waals surface area contributed by atoms with Gasteiger partial charge in [0, 0.05) is 0 Å². The van der Waals surface area contributed by atoms with Crippen LogP contribution in [0.15, 0.2) is 6.07 Å². The number of hydrogen-bond acceptors (Lipinski definition) is 5. The third-order valence-corrected chi connectivity index (χ3v) is 3.19. The van der Waals surface area contributed by atoms with Crippen molar-refractivity contribution in [1.82, 2.24) is 9.97 Å². The zero-order valence-corrected chi connectivity index (χ0v) is 11.8. The fraction of sp³-hybridized carbons (Fsp3) is 0.308. The van der Waals surface area contributed by atoms with Crippen molar-refractivity contribution in [2.24, 2.45) is 0 Å². The van der Waals surface area contributed by atoms with Gasteiger partial charge in [0.05, 0.1) is 25.3 Å². The van der Waals surface area contributed by atoms with Gasteiger partial charge in [0.25, 0.3) is 17.0 Å². The monoisotopic (exact) mass is 280 g/mol. The Morgan fingerprint density at radius 2 is 1.74 bits per heavy atom. The average molecular weight is 281 g/mol. The van der Waals surface area contributed by atoms with E-state index in [2.05, 4.69) is 9.97 Å². The summed E-state index contributed by atoms with van der Waals surface area (Å²) in [5.41, 5.74) is 3.02. The number of methoxy groups -OCH3 is 2. The van der Waals surface area contributed by atoms with Crippen LogP contribution in [0.2, 0.25) is 0 Å². The zero-order valence-electron chi connectivity index (χ0n) is 11.1. The van der Waals surface area contributed by atoms with Crippen molar-refractivity contribution in [2.45, 2.75) is 13.8 Å². The van der Waals surface area contributed by atoms with Crippen molar-refractivity contribution in [2.75, 3.05) is 14.2 Å². The Labute approximate surface area is 115 Å². The van der Waals surface area contributed by atoms with E-state index in [4.69, 9.17) is 21.1 Å². The van der Waals surface area contributed by atoms with Crippen LogP contribution in [0, 0.1) is 13.8 Å². The minimum Gasteiger partial charge on any atom is -0.477 e. The first-order valence-corrected chi connectivity index (χ1v) is 5.97. The predicted molar refractivity (Wildman–Crippen MR) is 72.3 cm³/mol. The van der Waals surface area contributed by atoms with Gasteiger partial charge in [-0.3, -0.25) is 4.79 Å². The molecule has 5 nitrogen and oxygen atoms in total. The highest BCUT2D eigenvalue weighted by molar-refractivity contribution is 6.68. The van der Waals surface area contributed by atoms with Crippen LogP contribution in [0.5, 0.6) is 11.8 Å². The lowest BCUT2D eigenvalue weighted by Gasteiger charge is -2.11. The van der Waals surface area contributed by atoms with Gasteiger partial charge in [-0.2, -0.15) is 0 Å². The summed E-state index contributed by atoms with van der Waals surface area (Å²) in [5, 5.41) is -0.562. The van der Waals surface area contributed by atoms with Crippen LogP contribution < -0.4 is 9.47 Å². The highest BCUT2D eigenvalue weighted by atomic mass is 35.5. The highest BCUT2D eigenvalue weighted by Gasteiger charge is 2.19. The van der Waals surface area contributed by atoms with Gasteiger partial charge in [-0.1, -0.05) is 0 Å². The maximum Gasteiger partial charge on any atom is 0.278 e. The normalized spacial score (nSPS) is 10.6. The number of fused-ring (bicyclic) bond motifs is 1. The Balaban J connectivity index is 2.91. The third-order valence-electron chi connectivity index (χ3n) is 3.00. The van der Waals surface area contributed by atoms with Crippen LogP contribution >= 0.6 is 11.6 Å². The second-order valence-electron chi connectivity index (χ2n) is 4.08. The summed E-state index contributed by atoms with van der Waals surface area (Å²) in [4.78, 5) is 20.2. The van der Waals surface area contributed by atoms with Crippen LogP contribution in [0.1, 0.15) is 21.5 Å². The number of aryl methyl sites for hydroxylation is 1. The molecule has 1 aromatic heterocycles. The molecule has 2 aromatic rings. The number of carbonyl (C=O) groups excluding carboxylic acids is 1. The smallest absolute Gasteiger partial charge is 0.278 e. The largest absolute Gasteiger partial charge is 0.477 e. The summed E-state index contributed by atoms with van der Waals surface area (Å²) < 4.78 is 10.2. The standard InChI is InChI=1S/C13H13ClN2O3/c1-6-5-8-10(9(7(6)2)11(14)17)16-13(19-4)12(15-8)18-3/h5H,1-4H3. The Morgan fingerprint density at radius 3 is 2.26 bits per heavy atom. The molecule has 1 aromatic carbocycles. The van der Waals surface area contributed by atoms with Crippen molar-refractivity contribution in [1.29, 1.82) is 0 Å². The minimum atomic E-state index is -0.562. The third kappa shape index (κ3) is 2.21. The quantitative estimate of drug-likeness (QED) is 0.809. The molecule has 100 valence electrons. The molecule has 0 atom stereocenters. The number of hydrogen-bond donors (Lipinski definition) is 0. The van der Waals surface area contributed by atoms with Gasteiger partial charge < -0.3 is 9.47 Å². The summed E-state index contributed by atoms with van der Waals surface area (Å²) in [7, 11) is 2.94. The van der Waals surface area contributed by atoms with Gasteiger partial charge in [-0.05, 0) is 42.6 Å². The molecule has 2 rings (SSSR count). The Bertz CT molecular complexity index is 671. The highest BCUT2D eigenvalue weighted by Crippen LogP contribution is 2.30. The molecule has 0 saturated carbocycles. The molecule has 0 N–H and O–H groups in total. The second-order valence-corrected chi connectivity index (χ2v) is 4.42. The Morgan fingerprint density at radius 1 is 1.16 bits per heavy atom. The minimum absolute atomic E-state index is 0.220. The van der Waals surface area contributed by atoms with E-state index >= 15 is 0 Å². The second kappa shape index (κ2) is 5.01. The lowest BCUT2D eigenvalue weighted by molar-refractivity contribution is 0.108. The number of ether oxygens (including phenoxy) is 2. The maximum atomic E-state index is 11.6. The SMILES string of the molecule is COc1nc2cc(C)c(C)c(C(=O)Cl)c2nc1OC. The molecular formula is C13H13ClN2O3. The molecule has 0 bridgehead atoms. The van der Waals surface area contributed by atoms with Crippen molar-refractivity contribution < 1.29 is 14.3 Å². The van der Waals surface area contributed by atoms with Crippen molar-refractivity contribution in [3.05, 3.63) is 22.8 Å². The van der Waals surface area contributed by atoms with Crippen molar-refractivity contribution in [3.8, 4) is 11.8 Å². The number of aromatic nitrogens is 2. The van der Waals surface area contributed by atoms with Gasteiger partial charge in [-0.25, -0.2) is 9.97 Å². The molecule has 0 unspecified atom stereocenters. The van der Waals surface area contributed by atoms with E-state index < -0.39 is 5.24 Å². The summed E-state index contributed by atoms with van der Waals surface area (Å²) in [6, 6.07) is 1.84. The van der Waals surface area contributed by atoms with Gasteiger partial charge in [0.15, 0.2) is 0 Å². The van der Waals surface area contributed by atoms with Gasteiger partial charge in [0.1, 0.15) is 5.52 Å². The molecule has 0 fully saturated rings. The van der Waals surface area contributed by atoms with E-state index in [1.165, 1.54) is 14.2 Å². The lowest BCUT2D eigenvalue weighted by atomic mass is 10.0. The molecule has 0 aliphatic carbocycles. The molecule has 0 amide bonds. The van der Waals surface area contributed by atoms with E-state index in [0.29, 0.717) is 16.6 Å². The molecule has 0 aliphatic heterocycles. The summed E-state index contributed by atoms with van der Waals surface area (Å²) in [6.07, 6.45) is 0. The Kier molecular flexibility index (Phi) is 3.57. The lowest BCUT2D eigenvalue weighted by Crippen LogP contribution is -2.04. The molecule has 6 heteroatoms. The molecule has 0 aliphatic rings. The molecule has 19 heavy (non-hydrogen) atoms. The molecule has 0 saturated heterocycles. The number of rotatable bonds is 3. The first-order chi connectivity index (χ1) is 8.99. The number of halogens is 1. The van der Waals surface area contributed by atoms with Crippen LogP contribution in [0.4, 0.5) is 0 Å². The number of benzene rings is 1. The van der Waals surface area contributed by atoms with Crippen LogP contribution in [-0.2, 0) is 0 Å². The van der Waals surface area contributed by atoms with Gasteiger partial charge >= 0.3 is 0 Å². The summed E-state index contributed by atoms with van der Waals surface area (Å²) in [6.45, 7) is 3.71. The number of carbonyl (C=O) groups is 1. The van der Waals surface area contributed by atoms with Gasteiger partial charge in [0.2, 0.25) is 0 Å². The summed E-state index contributed by atoms with van der Waals surface area (Å²) >= 11 is 5.65. The maximum absolute atomic E-state index is 11.6. The van der Waals surface area contributed by atoms with Crippen molar-refractivity contribution in [3.63, 3.8) is 0 Å². The van der Waals surface area contributed by atoms with E-state index in [1.54, 1.807) is 0 Å². The van der Waals surface area contributed by atoms with Crippen molar-refractivity contribution >= 4 is 27.9 Å². The van der Waals surface area contributed by atoms with Crippen LogP contribution in [-0.4, -0.2) is 29.4 Å².